The van der Waals surface area contributed by atoms with Crippen molar-refractivity contribution in [2.75, 3.05) is 11.9 Å². The molecule has 7 heteroatoms. The summed E-state index contributed by atoms with van der Waals surface area (Å²) in [5.74, 6) is -0.797. The van der Waals surface area contributed by atoms with E-state index in [1.54, 1.807) is 19.1 Å². The molecule has 0 unspecified atom stereocenters. The van der Waals surface area contributed by atoms with Gasteiger partial charge < -0.3 is 15.4 Å². The molecule has 1 aromatic carbocycles. The zero-order chi connectivity index (χ0) is 20.6. The lowest BCUT2D eigenvalue weighted by Crippen LogP contribution is -2.56. The van der Waals surface area contributed by atoms with Crippen molar-refractivity contribution in [2.45, 2.75) is 64.3 Å². The summed E-state index contributed by atoms with van der Waals surface area (Å²) < 4.78 is 5.10. The molecule has 0 spiro atoms. The lowest BCUT2D eigenvalue weighted by Gasteiger charge is -2.38. The van der Waals surface area contributed by atoms with E-state index in [0.717, 1.165) is 24.8 Å². The SMILES string of the molecule is CCCC[C@H](NC(=O)C1(C(=O)OCC)CCC1)C(=O)Nc1ccc(CCl)cc1. The van der Waals surface area contributed by atoms with Crippen LogP contribution in [0.15, 0.2) is 24.3 Å². The number of ether oxygens (including phenoxy) is 1. The number of carbonyl (C=O) groups is 3. The van der Waals surface area contributed by atoms with Crippen LogP contribution in [0.25, 0.3) is 0 Å². The van der Waals surface area contributed by atoms with Gasteiger partial charge in [-0.25, -0.2) is 0 Å². The Balaban J connectivity index is 2.07. The Bertz CT molecular complexity index is 686. The van der Waals surface area contributed by atoms with E-state index in [2.05, 4.69) is 10.6 Å². The number of halogens is 1. The molecule has 0 saturated heterocycles. The maximum Gasteiger partial charge on any atom is 0.321 e. The molecule has 0 aliphatic heterocycles. The molecule has 0 radical (unpaired) electrons. The first-order chi connectivity index (χ1) is 13.5. The predicted octanol–water partition coefficient (Wildman–Crippen LogP) is 3.77. The molecule has 0 heterocycles. The Hall–Kier alpha value is -2.08. The minimum Gasteiger partial charge on any atom is -0.465 e. The van der Waals surface area contributed by atoms with Gasteiger partial charge in [0.25, 0.3) is 0 Å². The Morgan fingerprint density at radius 2 is 1.86 bits per heavy atom. The van der Waals surface area contributed by atoms with Crippen LogP contribution in [0.5, 0.6) is 0 Å². The monoisotopic (exact) mass is 408 g/mol. The molecule has 6 nitrogen and oxygen atoms in total. The summed E-state index contributed by atoms with van der Waals surface area (Å²) in [7, 11) is 0. The second-order valence-corrected chi connectivity index (χ2v) is 7.41. The predicted molar refractivity (Wildman–Crippen MR) is 109 cm³/mol. The highest BCUT2D eigenvalue weighted by Gasteiger charge is 2.52. The molecule has 0 aromatic heterocycles. The first-order valence-electron chi connectivity index (χ1n) is 9.90. The molecule has 28 heavy (non-hydrogen) atoms. The van der Waals surface area contributed by atoms with Crippen LogP contribution in [-0.4, -0.2) is 30.4 Å². The molecule has 2 N–H and O–H groups in total. The van der Waals surface area contributed by atoms with Crippen LogP contribution in [0.2, 0.25) is 0 Å². The van der Waals surface area contributed by atoms with Crippen LogP contribution >= 0.6 is 11.6 Å². The highest BCUT2D eigenvalue weighted by Crippen LogP contribution is 2.42. The van der Waals surface area contributed by atoms with Crippen molar-refractivity contribution in [3.05, 3.63) is 29.8 Å². The third-order valence-electron chi connectivity index (χ3n) is 5.15. The van der Waals surface area contributed by atoms with E-state index < -0.39 is 23.3 Å². The fourth-order valence-corrected chi connectivity index (χ4v) is 3.38. The molecule has 0 bridgehead atoms. The zero-order valence-corrected chi connectivity index (χ0v) is 17.3. The van der Waals surface area contributed by atoms with Gasteiger partial charge in [0.15, 0.2) is 0 Å². The van der Waals surface area contributed by atoms with Gasteiger partial charge in [0, 0.05) is 11.6 Å². The zero-order valence-electron chi connectivity index (χ0n) is 16.6. The van der Waals surface area contributed by atoms with E-state index in [1.807, 2.05) is 19.1 Å². The van der Waals surface area contributed by atoms with Crippen LogP contribution in [0, 0.1) is 5.41 Å². The van der Waals surface area contributed by atoms with Crippen LogP contribution < -0.4 is 10.6 Å². The molecular formula is C21H29ClN2O4. The highest BCUT2D eigenvalue weighted by atomic mass is 35.5. The number of alkyl halides is 1. The highest BCUT2D eigenvalue weighted by molar-refractivity contribution is 6.17. The van der Waals surface area contributed by atoms with E-state index in [1.165, 1.54) is 0 Å². The maximum absolute atomic E-state index is 12.9. The average Bonchev–Trinajstić information content (AvgIpc) is 2.65. The fourth-order valence-electron chi connectivity index (χ4n) is 3.20. The van der Waals surface area contributed by atoms with E-state index >= 15 is 0 Å². The van der Waals surface area contributed by atoms with Gasteiger partial charge in [-0.15, -0.1) is 11.6 Å². The van der Waals surface area contributed by atoms with Crippen molar-refractivity contribution in [1.82, 2.24) is 5.32 Å². The summed E-state index contributed by atoms with van der Waals surface area (Å²) in [6, 6.07) is 6.53. The third kappa shape index (κ3) is 5.25. The van der Waals surface area contributed by atoms with Gasteiger partial charge in [-0.1, -0.05) is 38.3 Å². The third-order valence-corrected chi connectivity index (χ3v) is 5.46. The van der Waals surface area contributed by atoms with Gasteiger partial charge in [0.1, 0.15) is 11.5 Å². The molecular weight excluding hydrogens is 380 g/mol. The van der Waals surface area contributed by atoms with Crippen LogP contribution in [0.4, 0.5) is 5.69 Å². The second-order valence-electron chi connectivity index (χ2n) is 7.14. The molecule has 1 aliphatic carbocycles. The molecule has 1 saturated carbocycles. The Morgan fingerprint density at radius 1 is 1.18 bits per heavy atom. The minimum atomic E-state index is -1.15. The molecule has 154 valence electrons. The number of rotatable bonds is 10. The number of hydrogen-bond donors (Lipinski definition) is 2. The van der Waals surface area contributed by atoms with Crippen molar-refractivity contribution in [1.29, 1.82) is 0 Å². The van der Waals surface area contributed by atoms with Crippen molar-refractivity contribution < 1.29 is 19.1 Å². The fraction of sp³-hybridized carbons (Fsp3) is 0.571. The average molecular weight is 409 g/mol. The minimum absolute atomic E-state index is 0.228. The topological polar surface area (TPSA) is 84.5 Å². The lowest BCUT2D eigenvalue weighted by atomic mass is 9.68. The summed E-state index contributed by atoms with van der Waals surface area (Å²) in [6.45, 7) is 3.97. The summed E-state index contributed by atoms with van der Waals surface area (Å²) in [5.41, 5.74) is 0.443. The number of hydrogen-bond acceptors (Lipinski definition) is 4. The van der Waals surface area contributed by atoms with Crippen molar-refractivity contribution in [2.24, 2.45) is 5.41 Å². The van der Waals surface area contributed by atoms with E-state index in [-0.39, 0.29) is 12.5 Å². The normalized spacial score (nSPS) is 15.8. The Kier molecular flexibility index (Phi) is 8.30. The first kappa shape index (κ1) is 22.2. The first-order valence-corrected chi connectivity index (χ1v) is 10.4. The van der Waals surface area contributed by atoms with Crippen LogP contribution in [0.1, 0.15) is 57.9 Å². The van der Waals surface area contributed by atoms with Gasteiger partial charge >= 0.3 is 5.97 Å². The summed E-state index contributed by atoms with van der Waals surface area (Å²) in [5, 5.41) is 5.64. The second kappa shape index (κ2) is 10.5. The van der Waals surface area contributed by atoms with Gasteiger partial charge in [-0.2, -0.15) is 0 Å². The smallest absolute Gasteiger partial charge is 0.321 e. The van der Waals surface area contributed by atoms with Gasteiger partial charge in [-0.05, 0) is 43.9 Å². The largest absolute Gasteiger partial charge is 0.465 e. The standard InChI is InChI=1S/C21H29ClN2O4/c1-3-5-7-17(18(25)23-16-10-8-15(14-22)9-11-16)24-19(26)21(12-6-13-21)20(27)28-4-2/h8-11,17H,3-7,12-14H2,1-2H3,(H,23,25)(H,24,26)/t17-/m0/s1. The Labute approximate surface area is 171 Å². The number of amides is 2. The van der Waals surface area contributed by atoms with E-state index in [0.29, 0.717) is 30.8 Å². The maximum atomic E-state index is 12.9. The molecule has 1 aromatic rings. The van der Waals surface area contributed by atoms with Crippen molar-refractivity contribution in [3.8, 4) is 0 Å². The molecule has 1 fully saturated rings. The molecule has 1 aliphatic rings. The van der Waals surface area contributed by atoms with Gasteiger partial charge in [-0.3, -0.25) is 14.4 Å². The van der Waals surface area contributed by atoms with Crippen molar-refractivity contribution in [3.63, 3.8) is 0 Å². The molecule has 1 atom stereocenters. The number of esters is 1. The number of anilines is 1. The number of nitrogens with one attached hydrogen (secondary N) is 2. The molecule has 2 amide bonds. The van der Waals surface area contributed by atoms with Gasteiger partial charge in [0.05, 0.1) is 6.61 Å². The van der Waals surface area contributed by atoms with Gasteiger partial charge in [0.2, 0.25) is 11.8 Å². The Morgan fingerprint density at radius 3 is 2.36 bits per heavy atom. The quantitative estimate of drug-likeness (QED) is 0.350. The number of carbonyl (C=O) groups excluding carboxylic acids is 3. The van der Waals surface area contributed by atoms with Crippen LogP contribution in [0.3, 0.4) is 0 Å². The van der Waals surface area contributed by atoms with E-state index in [9.17, 15) is 14.4 Å². The summed E-state index contributed by atoms with van der Waals surface area (Å²) in [4.78, 5) is 38.0. The van der Waals surface area contributed by atoms with E-state index in [4.69, 9.17) is 16.3 Å². The van der Waals surface area contributed by atoms with Crippen LogP contribution in [-0.2, 0) is 25.0 Å². The summed E-state index contributed by atoms with van der Waals surface area (Å²) >= 11 is 5.79. The molecule has 2 rings (SSSR count). The van der Waals surface area contributed by atoms with Crippen molar-refractivity contribution >= 4 is 35.1 Å². The number of unbranched alkanes of at least 4 members (excludes halogenated alkanes) is 1. The number of benzene rings is 1. The summed E-state index contributed by atoms with van der Waals surface area (Å²) in [6.07, 6.45) is 3.90. The lowest BCUT2D eigenvalue weighted by molar-refractivity contribution is -0.167.